The molecule has 1 heterocycles. The van der Waals surface area contributed by atoms with Crippen LogP contribution in [0.3, 0.4) is 0 Å². The first-order valence-corrected chi connectivity index (χ1v) is 12.0. The van der Waals surface area contributed by atoms with Gasteiger partial charge in [0.25, 0.3) is 5.56 Å². The van der Waals surface area contributed by atoms with Gasteiger partial charge in [-0.3, -0.25) is 4.79 Å². The standard InChI is InChI=1S/C20H16Br4N2O3/c1-28-18-3-2-11(6-13(18)22)7-16-20(27)25-10-17(26-16)12-8-14(23)19(15(24)9-12)29-5-4-21/h2-3,6,8-10H,4-5,7H2,1H3,(H,25,27). The highest BCUT2D eigenvalue weighted by Crippen LogP contribution is 2.37. The first-order valence-electron chi connectivity index (χ1n) is 8.52. The van der Waals surface area contributed by atoms with E-state index < -0.39 is 0 Å². The van der Waals surface area contributed by atoms with Gasteiger partial charge < -0.3 is 14.5 Å². The maximum absolute atomic E-state index is 12.3. The van der Waals surface area contributed by atoms with Crippen molar-refractivity contribution in [2.75, 3.05) is 19.0 Å². The fourth-order valence-corrected chi connectivity index (χ4v) is 4.88. The zero-order chi connectivity index (χ0) is 21.0. The molecular weight excluding hydrogens is 636 g/mol. The molecule has 0 fully saturated rings. The number of halogens is 4. The second kappa shape index (κ2) is 10.2. The summed E-state index contributed by atoms with van der Waals surface area (Å²) in [4.78, 5) is 19.7. The van der Waals surface area contributed by atoms with Gasteiger partial charge in [-0.05, 0) is 77.6 Å². The molecule has 0 saturated heterocycles. The van der Waals surface area contributed by atoms with Crippen molar-refractivity contribution < 1.29 is 9.47 Å². The summed E-state index contributed by atoms with van der Waals surface area (Å²) in [6.45, 7) is 0.551. The Balaban J connectivity index is 1.93. The van der Waals surface area contributed by atoms with E-state index in [9.17, 15) is 4.79 Å². The largest absolute Gasteiger partial charge is 0.496 e. The SMILES string of the molecule is COc1ccc(Cc2nc(-c3cc(Br)c(OCCBr)c(Br)c3)c[nH]c2=O)cc1Br. The summed E-state index contributed by atoms with van der Waals surface area (Å²) in [5, 5.41) is 0.736. The number of hydrogen-bond acceptors (Lipinski definition) is 4. The van der Waals surface area contributed by atoms with Crippen molar-refractivity contribution in [3.63, 3.8) is 0 Å². The third-order valence-corrected chi connectivity index (χ3v) is 6.18. The van der Waals surface area contributed by atoms with E-state index in [0.29, 0.717) is 24.4 Å². The fraction of sp³-hybridized carbons (Fsp3) is 0.200. The van der Waals surface area contributed by atoms with Crippen molar-refractivity contribution in [1.82, 2.24) is 9.97 Å². The summed E-state index contributed by atoms with van der Waals surface area (Å²) in [5.41, 5.74) is 2.69. The number of nitrogens with one attached hydrogen (secondary N) is 1. The van der Waals surface area contributed by atoms with Gasteiger partial charge in [-0.25, -0.2) is 4.98 Å². The number of alkyl halides is 1. The van der Waals surface area contributed by atoms with Crippen molar-refractivity contribution in [2.24, 2.45) is 0 Å². The van der Waals surface area contributed by atoms with Gasteiger partial charge >= 0.3 is 0 Å². The summed E-state index contributed by atoms with van der Waals surface area (Å²) < 4.78 is 13.4. The number of aromatic amines is 1. The first kappa shape index (κ1) is 22.5. The zero-order valence-electron chi connectivity index (χ0n) is 15.3. The summed E-state index contributed by atoms with van der Waals surface area (Å²) in [5.74, 6) is 1.46. The highest BCUT2D eigenvalue weighted by atomic mass is 79.9. The van der Waals surface area contributed by atoms with Crippen LogP contribution in [0.2, 0.25) is 0 Å². The molecule has 0 spiro atoms. The monoisotopic (exact) mass is 648 g/mol. The molecule has 9 heteroatoms. The molecule has 1 aromatic heterocycles. The molecule has 1 N–H and O–H groups in total. The number of rotatable bonds is 7. The number of aromatic nitrogens is 2. The summed E-state index contributed by atoms with van der Waals surface area (Å²) >= 11 is 13.9. The van der Waals surface area contributed by atoms with Gasteiger partial charge in [-0.1, -0.05) is 22.0 Å². The minimum atomic E-state index is -0.212. The number of H-pyrrole nitrogens is 1. The lowest BCUT2D eigenvalue weighted by Crippen LogP contribution is -2.15. The predicted octanol–water partition coefficient (Wildman–Crippen LogP) is 6.10. The Bertz CT molecular complexity index is 1060. The average Bonchev–Trinajstić information content (AvgIpc) is 2.69. The summed E-state index contributed by atoms with van der Waals surface area (Å²) in [6, 6.07) is 9.54. The molecule has 0 saturated carbocycles. The molecule has 152 valence electrons. The lowest BCUT2D eigenvalue weighted by molar-refractivity contribution is 0.341. The van der Waals surface area contributed by atoms with Gasteiger partial charge in [0.05, 0.1) is 32.8 Å². The van der Waals surface area contributed by atoms with E-state index in [2.05, 4.69) is 73.7 Å². The molecule has 0 atom stereocenters. The third kappa shape index (κ3) is 5.51. The molecule has 0 bridgehead atoms. The van der Waals surface area contributed by atoms with Crippen LogP contribution in [-0.4, -0.2) is 29.0 Å². The molecule has 0 aliphatic rings. The Labute approximate surface area is 201 Å². The van der Waals surface area contributed by atoms with E-state index in [-0.39, 0.29) is 5.56 Å². The van der Waals surface area contributed by atoms with Crippen molar-refractivity contribution in [3.8, 4) is 22.8 Å². The highest BCUT2D eigenvalue weighted by Gasteiger charge is 2.13. The van der Waals surface area contributed by atoms with Gasteiger partial charge in [0, 0.05) is 23.5 Å². The number of ether oxygens (including phenoxy) is 2. The van der Waals surface area contributed by atoms with Crippen LogP contribution in [0.5, 0.6) is 11.5 Å². The molecule has 5 nitrogen and oxygen atoms in total. The van der Waals surface area contributed by atoms with Crippen LogP contribution in [0.1, 0.15) is 11.3 Å². The van der Waals surface area contributed by atoms with Gasteiger partial charge in [0.1, 0.15) is 17.2 Å². The molecule has 0 amide bonds. The van der Waals surface area contributed by atoms with Crippen molar-refractivity contribution in [3.05, 3.63) is 71.6 Å². The van der Waals surface area contributed by atoms with Crippen molar-refractivity contribution in [1.29, 1.82) is 0 Å². The van der Waals surface area contributed by atoms with Crippen LogP contribution >= 0.6 is 63.7 Å². The van der Waals surface area contributed by atoms with E-state index >= 15 is 0 Å². The summed E-state index contributed by atoms with van der Waals surface area (Å²) in [6.07, 6.45) is 2.02. The van der Waals surface area contributed by atoms with Crippen LogP contribution in [0.4, 0.5) is 0 Å². The average molecular weight is 652 g/mol. The van der Waals surface area contributed by atoms with Crippen molar-refractivity contribution >= 4 is 63.7 Å². The molecule has 0 unspecified atom stereocenters. The van der Waals surface area contributed by atoms with Gasteiger partial charge in [-0.15, -0.1) is 0 Å². The summed E-state index contributed by atoms with van der Waals surface area (Å²) in [7, 11) is 1.61. The third-order valence-electron chi connectivity index (χ3n) is 4.06. The van der Waals surface area contributed by atoms with Gasteiger partial charge in [0.15, 0.2) is 0 Å². The van der Waals surface area contributed by atoms with Gasteiger partial charge in [0.2, 0.25) is 0 Å². The maximum Gasteiger partial charge on any atom is 0.270 e. The lowest BCUT2D eigenvalue weighted by atomic mass is 10.1. The van der Waals surface area contributed by atoms with Crippen LogP contribution < -0.4 is 15.0 Å². The maximum atomic E-state index is 12.3. The Morgan fingerprint density at radius 1 is 1.07 bits per heavy atom. The van der Waals surface area contributed by atoms with E-state index in [0.717, 1.165) is 41.4 Å². The Kier molecular flexibility index (Phi) is 7.95. The molecule has 0 aliphatic carbocycles. The minimum Gasteiger partial charge on any atom is -0.496 e. The molecular formula is C20H16Br4N2O3. The Hall–Kier alpha value is -1.16. The van der Waals surface area contributed by atoms with Crippen LogP contribution in [0.25, 0.3) is 11.3 Å². The van der Waals surface area contributed by atoms with E-state index in [1.807, 2.05) is 30.3 Å². The molecule has 3 aromatic rings. The molecule has 0 radical (unpaired) electrons. The molecule has 3 rings (SSSR count). The number of hydrogen-bond donors (Lipinski definition) is 1. The fourth-order valence-electron chi connectivity index (χ4n) is 2.71. The van der Waals surface area contributed by atoms with Crippen LogP contribution in [-0.2, 0) is 6.42 Å². The first-order chi connectivity index (χ1) is 13.9. The van der Waals surface area contributed by atoms with Crippen LogP contribution in [0, 0.1) is 0 Å². The normalized spacial score (nSPS) is 10.8. The van der Waals surface area contributed by atoms with Crippen LogP contribution in [0.15, 0.2) is 54.7 Å². The van der Waals surface area contributed by atoms with E-state index in [4.69, 9.17) is 9.47 Å². The molecule has 0 aliphatic heterocycles. The van der Waals surface area contributed by atoms with E-state index in [1.165, 1.54) is 0 Å². The quantitative estimate of drug-likeness (QED) is 0.314. The number of benzene rings is 2. The second-order valence-electron chi connectivity index (χ2n) is 6.01. The topological polar surface area (TPSA) is 64.2 Å². The highest BCUT2D eigenvalue weighted by molar-refractivity contribution is 9.11. The van der Waals surface area contributed by atoms with Gasteiger partial charge in [-0.2, -0.15) is 0 Å². The molecule has 2 aromatic carbocycles. The predicted molar refractivity (Wildman–Crippen MR) is 128 cm³/mol. The Morgan fingerprint density at radius 3 is 2.41 bits per heavy atom. The number of nitrogens with zero attached hydrogens (tertiary/aromatic N) is 1. The lowest BCUT2D eigenvalue weighted by Gasteiger charge is -2.12. The zero-order valence-corrected chi connectivity index (χ0v) is 21.6. The Morgan fingerprint density at radius 2 is 1.79 bits per heavy atom. The second-order valence-corrected chi connectivity index (χ2v) is 9.37. The smallest absolute Gasteiger partial charge is 0.270 e. The molecule has 29 heavy (non-hydrogen) atoms. The number of methoxy groups -OCH3 is 1. The van der Waals surface area contributed by atoms with E-state index in [1.54, 1.807) is 13.3 Å². The van der Waals surface area contributed by atoms with Crippen molar-refractivity contribution in [2.45, 2.75) is 6.42 Å². The minimum absolute atomic E-state index is 0.212.